The zero-order chi connectivity index (χ0) is 16.5. The summed E-state index contributed by atoms with van der Waals surface area (Å²) in [6.45, 7) is 0.434. The van der Waals surface area contributed by atoms with Gasteiger partial charge in [0.05, 0.1) is 24.3 Å². The Bertz CT molecular complexity index is 814. The van der Waals surface area contributed by atoms with Crippen molar-refractivity contribution in [2.24, 2.45) is 0 Å². The van der Waals surface area contributed by atoms with Gasteiger partial charge in [0.1, 0.15) is 0 Å². The number of hydrogen-bond donors (Lipinski definition) is 1. The number of benzene rings is 1. The van der Waals surface area contributed by atoms with Crippen LogP contribution in [0.25, 0.3) is 0 Å². The maximum absolute atomic E-state index is 12.6. The van der Waals surface area contributed by atoms with Gasteiger partial charge in [-0.15, -0.1) is 0 Å². The molecule has 0 fully saturated rings. The number of amides is 1. The van der Waals surface area contributed by atoms with Crippen LogP contribution in [0.4, 0.5) is 0 Å². The predicted molar refractivity (Wildman–Crippen MR) is 83.6 cm³/mol. The summed E-state index contributed by atoms with van der Waals surface area (Å²) >= 11 is 0. The third-order valence-corrected chi connectivity index (χ3v) is 5.48. The van der Waals surface area contributed by atoms with Crippen LogP contribution in [-0.4, -0.2) is 42.5 Å². The minimum atomic E-state index is -0.747. The van der Waals surface area contributed by atoms with Crippen LogP contribution in [0.1, 0.15) is 23.7 Å². The Morgan fingerprint density at radius 1 is 1.33 bits per heavy atom. The van der Waals surface area contributed by atoms with E-state index in [2.05, 4.69) is 0 Å². The molecule has 0 radical (unpaired) electrons. The SMILES string of the molecule is COC1C=CC2=CC(=O)N3CC(O)c4cc5c(cc4C23C1)OCO5. The lowest BCUT2D eigenvalue weighted by Gasteiger charge is -2.49. The quantitative estimate of drug-likeness (QED) is 0.844. The lowest BCUT2D eigenvalue weighted by atomic mass is 9.71. The molecule has 5 rings (SSSR count). The summed E-state index contributed by atoms with van der Waals surface area (Å²) in [7, 11) is 1.67. The Hall–Kier alpha value is -2.31. The highest BCUT2D eigenvalue weighted by Gasteiger charge is 2.55. The molecule has 1 aromatic carbocycles. The van der Waals surface area contributed by atoms with Gasteiger partial charge in [0.25, 0.3) is 0 Å². The van der Waals surface area contributed by atoms with Gasteiger partial charge in [-0.25, -0.2) is 0 Å². The van der Waals surface area contributed by atoms with Crippen LogP contribution in [-0.2, 0) is 15.1 Å². The smallest absolute Gasteiger partial charge is 0.248 e. The number of methoxy groups -OCH3 is 1. The molecule has 6 heteroatoms. The largest absolute Gasteiger partial charge is 0.454 e. The number of rotatable bonds is 1. The molecular formula is C18H17NO5. The van der Waals surface area contributed by atoms with Crippen LogP contribution in [0.5, 0.6) is 11.5 Å². The van der Waals surface area contributed by atoms with Gasteiger partial charge in [-0.1, -0.05) is 12.2 Å². The van der Waals surface area contributed by atoms with Crippen LogP contribution < -0.4 is 9.47 Å². The molecule has 1 amide bonds. The van der Waals surface area contributed by atoms with Crippen LogP contribution in [0, 0.1) is 0 Å². The monoisotopic (exact) mass is 327 g/mol. The van der Waals surface area contributed by atoms with E-state index in [1.165, 1.54) is 0 Å². The molecule has 124 valence electrons. The molecule has 0 bridgehead atoms. The first kappa shape index (κ1) is 14.1. The molecule has 1 N–H and O–H groups in total. The second-order valence-corrected chi connectivity index (χ2v) is 6.55. The molecule has 3 atom stereocenters. The number of carbonyl (C=O) groups excluding carboxylic acids is 1. The highest BCUT2D eigenvalue weighted by atomic mass is 16.7. The fraction of sp³-hybridized carbons (Fsp3) is 0.389. The normalized spacial score (nSPS) is 32.3. The molecule has 24 heavy (non-hydrogen) atoms. The lowest BCUT2D eigenvalue weighted by molar-refractivity contribution is -0.133. The highest BCUT2D eigenvalue weighted by molar-refractivity contribution is 5.95. The first-order valence-corrected chi connectivity index (χ1v) is 8.00. The zero-order valence-corrected chi connectivity index (χ0v) is 13.2. The molecule has 1 spiro atoms. The van der Waals surface area contributed by atoms with E-state index in [1.54, 1.807) is 18.1 Å². The van der Waals surface area contributed by atoms with Crippen molar-refractivity contribution in [3.63, 3.8) is 0 Å². The maximum Gasteiger partial charge on any atom is 0.248 e. The summed E-state index contributed by atoms with van der Waals surface area (Å²) in [6.07, 6.45) is 5.38. The predicted octanol–water partition coefficient (Wildman–Crippen LogP) is 1.40. The zero-order valence-electron chi connectivity index (χ0n) is 13.2. The van der Waals surface area contributed by atoms with Gasteiger partial charge in [-0.3, -0.25) is 4.79 Å². The second-order valence-electron chi connectivity index (χ2n) is 6.55. The summed E-state index contributed by atoms with van der Waals surface area (Å²) in [6, 6.07) is 3.75. The summed E-state index contributed by atoms with van der Waals surface area (Å²) < 4.78 is 16.5. The molecule has 3 unspecified atom stereocenters. The van der Waals surface area contributed by atoms with Gasteiger partial charge < -0.3 is 24.2 Å². The van der Waals surface area contributed by atoms with Gasteiger partial charge in [-0.2, -0.15) is 0 Å². The van der Waals surface area contributed by atoms with Gasteiger partial charge in [-0.05, 0) is 28.8 Å². The standard InChI is InChI=1S/C18H17NO5/c1-22-11-3-2-10-4-17(21)19-8-14(20)12-5-15-16(24-9-23-15)6-13(12)18(10,19)7-11/h2-6,11,14,20H,7-9H2,1H3. The molecule has 3 aliphatic heterocycles. The van der Waals surface area contributed by atoms with Gasteiger partial charge in [0.15, 0.2) is 11.5 Å². The fourth-order valence-corrected chi connectivity index (χ4v) is 4.34. The molecule has 1 aliphatic carbocycles. The minimum absolute atomic E-state index is 0.0752. The lowest BCUT2D eigenvalue weighted by Crippen LogP contribution is -2.53. The maximum atomic E-state index is 12.6. The Balaban J connectivity index is 1.77. The third-order valence-electron chi connectivity index (χ3n) is 5.48. The number of aliphatic hydroxyl groups excluding tert-OH is 1. The number of aliphatic hydroxyl groups is 1. The van der Waals surface area contributed by atoms with Crippen LogP contribution >= 0.6 is 0 Å². The minimum Gasteiger partial charge on any atom is -0.454 e. The molecule has 1 aromatic rings. The van der Waals surface area contributed by atoms with Crippen molar-refractivity contribution in [2.75, 3.05) is 20.4 Å². The number of hydrogen-bond acceptors (Lipinski definition) is 5. The van der Waals surface area contributed by atoms with E-state index in [4.69, 9.17) is 14.2 Å². The molecular weight excluding hydrogens is 310 g/mol. The van der Waals surface area contributed by atoms with E-state index in [1.807, 2.05) is 24.3 Å². The summed E-state index contributed by atoms with van der Waals surface area (Å²) in [5.74, 6) is 1.22. The van der Waals surface area contributed by atoms with E-state index < -0.39 is 11.6 Å². The van der Waals surface area contributed by atoms with Crippen molar-refractivity contribution < 1.29 is 24.1 Å². The van der Waals surface area contributed by atoms with Crippen molar-refractivity contribution in [1.82, 2.24) is 4.90 Å². The number of carbonyl (C=O) groups is 1. The van der Waals surface area contributed by atoms with Crippen molar-refractivity contribution in [3.05, 3.63) is 47.1 Å². The topological polar surface area (TPSA) is 68.2 Å². The molecule has 4 aliphatic rings. The Morgan fingerprint density at radius 3 is 2.92 bits per heavy atom. The van der Waals surface area contributed by atoms with Crippen molar-refractivity contribution in [2.45, 2.75) is 24.2 Å². The van der Waals surface area contributed by atoms with E-state index in [0.717, 1.165) is 16.7 Å². The number of ether oxygens (including phenoxy) is 3. The average molecular weight is 327 g/mol. The summed E-state index contributed by atoms with van der Waals surface area (Å²) in [5.41, 5.74) is 2.02. The van der Waals surface area contributed by atoms with Crippen molar-refractivity contribution in [1.29, 1.82) is 0 Å². The summed E-state index contributed by atoms with van der Waals surface area (Å²) in [4.78, 5) is 14.3. The number of nitrogens with zero attached hydrogens (tertiary/aromatic N) is 1. The van der Waals surface area contributed by atoms with Crippen LogP contribution in [0.2, 0.25) is 0 Å². The van der Waals surface area contributed by atoms with Crippen LogP contribution in [0.15, 0.2) is 35.9 Å². The Labute approximate surface area is 138 Å². The van der Waals surface area contributed by atoms with E-state index in [-0.39, 0.29) is 25.3 Å². The first-order chi connectivity index (χ1) is 11.6. The van der Waals surface area contributed by atoms with Crippen LogP contribution in [0.3, 0.4) is 0 Å². The summed E-state index contributed by atoms with van der Waals surface area (Å²) in [5, 5.41) is 10.6. The molecule has 6 nitrogen and oxygen atoms in total. The van der Waals surface area contributed by atoms with Gasteiger partial charge in [0.2, 0.25) is 12.7 Å². The average Bonchev–Trinajstić information content (AvgIpc) is 3.15. The fourth-order valence-electron chi connectivity index (χ4n) is 4.34. The first-order valence-electron chi connectivity index (χ1n) is 8.00. The van der Waals surface area contributed by atoms with Crippen molar-refractivity contribution >= 4 is 5.91 Å². The van der Waals surface area contributed by atoms with Crippen molar-refractivity contribution in [3.8, 4) is 11.5 Å². The van der Waals surface area contributed by atoms with E-state index in [0.29, 0.717) is 17.9 Å². The molecule has 3 heterocycles. The molecule has 0 aromatic heterocycles. The Kier molecular flexibility index (Phi) is 2.71. The molecule has 0 saturated carbocycles. The third kappa shape index (κ3) is 1.59. The van der Waals surface area contributed by atoms with E-state index >= 15 is 0 Å². The highest BCUT2D eigenvalue weighted by Crippen LogP contribution is 2.55. The number of fused-ring (bicyclic) bond motifs is 2. The second kappa shape index (κ2) is 4.62. The molecule has 0 saturated heterocycles. The van der Waals surface area contributed by atoms with Gasteiger partial charge >= 0.3 is 0 Å². The van der Waals surface area contributed by atoms with Gasteiger partial charge in [0, 0.05) is 19.6 Å². The van der Waals surface area contributed by atoms with E-state index in [9.17, 15) is 9.90 Å². The Morgan fingerprint density at radius 2 is 2.12 bits per heavy atom.